The molecule has 1 N–H and O–H groups in total. The molecule has 0 radical (unpaired) electrons. The summed E-state index contributed by atoms with van der Waals surface area (Å²) in [6, 6.07) is 15.4. The second kappa shape index (κ2) is 11.1. The second-order valence-corrected chi connectivity index (χ2v) is 10.2. The maximum atomic E-state index is 6.62. The van der Waals surface area contributed by atoms with Crippen LogP contribution in [0.5, 0.6) is 0 Å². The molecule has 0 bridgehead atoms. The van der Waals surface area contributed by atoms with Gasteiger partial charge >= 0.3 is 0 Å². The fourth-order valence-corrected chi connectivity index (χ4v) is 6.02. The van der Waals surface area contributed by atoms with Crippen molar-refractivity contribution in [2.24, 2.45) is 0 Å². The normalized spacial score (nSPS) is 21.8. The van der Waals surface area contributed by atoms with E-state index >= 15 is 0 Å². The van der Waals surface area contributed by atoms with Gasteiger partial charge in [0, 0.05) is 39.6 Å². The molecule has 0 saturated heterocycles. The fourth-order valence-electron chi connectivity index (χ4n) is 5.51. The fraction of sp³-hybridized carbons (Fsp3) is 0.448. The van der Waals surface area contributed by atoms with Gasteiger partial charge in [-0.25, -0.2) is 0 Å². The van der Waals surface area contributed by atoms with Crippen LogP contribution in [0.2, 0.25) is 10.0 Å². The van der Waals surface area contributed by atoms with Crippen LogP contribution in [0.3, 0.4) is 0 Å². The van der Waals surface area contributed by atoms with Crippen molar-refractivity contribution in [1.82, 2.24) is 10.2 Å². The first-order valence-electron chi connectivity index (χ1n) is 12.5. The topological polar surface area (TPSA) is 15.3 Å². The van der Waals surface area contributed by atoms with E-state index in [-0.39, 0.29) is 0 Å². The minimum absolute atomic E-state index is 0.389. The van der Waals surface area contributed by atoms with Crippen molar-refractivity contribution in [2.45, 2.75) is 77.8 Å². The third-order valence-corrected chi connectivity index (χ3v) is 7.90. The van der Waals surface area contributed by atoms with Gasteiger partial charge in [-0.3, -0.25) is 4.90 Å². The Hall–Kier alpha value is -1.74. The van der Waals surface area contributed by atoms with Gasteiger partial charge in [0.05, 0.1) is 6.04 Å². The summed E-state index contributed by atoms with van der Waals surface area (Å²) >= 11 is 13.2. The number of rotatable bonds is 7. The Labute approximate surface area is 209 Å². The molecule has 1 heterocycles. The quantitative estimate of drug-likeness (QED) is 0.429. The molecule has 0 spiro atoms. The smallest absolute Gasteiger partial charge is 0.0501 e. The molecule has 176 valence electrons. The van der Waals surface area contributed by atoms with Gasteiger partial charge in [-0.2, -0.15) is 0 Å². The summed E-state index contributed by atoms with van der Waals surface area (Å²) in [5, 5.41) is 5.61. The lowest BCUT2D eigenvalue weighted by Crippen LogP contribution is -2.51. The molecule has 2 aliphatic rings. The van der Waals surface area contributed by atoms with Crippen LogP contribution in [0.1, 0.15) is 69.6 Å². The lowest BCUT2D eigenvalue weighted by atomic mass is 9.84. The maximum Gasteiger partial charge on any atom is 0.0501 e. The van der Waals surface area contributed by atoms with Crippen LogP contribution in [-0.4, -0.2) is 23.5 Å². The zero-order chi connectivity index (χ0) is 23.4. The minimum Gasteiger partial charge on any atom is -0.357 e. The molecule has 0 amide bonds. The molecule has 4 heteroatoms. The first-order chi connectivity index (χ1) is 16.0. The summed E-state index contributed by atoms with van der Waals surface area (Å²) in [6.45, 7) is 7.89. The molecule has 33 heavy (non-hydrogen) atoms. The van der Waals surface area contributed by atoms with Crippen molar-refractivity contribution in [2.75, 3.05) is 6.54 Å². The van der Waals surface area contributed by atoms with E-state index in [1.165, 1.54) is 28.8 Å². The third-order valence-electron chi connectivity index (χ3n) is 7.21. The van der Waals surface area contributed by atoms with Gasteiger partial charge in [-0.05, 0) is 68.7 Å². The monoisotopic (exact) mass is 482 g/mol. The van der Waals surface area contributed by atoms with Gasteiger partial charge in [0.1, 0.15) is 0 Å². The molecule has 2 aromatic carbocycles. The number of hydrogen-bond acceptors (Lipinski definition) is 2. The molecule has 2 nitrogen and oxygen atoms in total. The molecule has 1 aliphatic carbocycles. The summed E-state index contributed by atoms with van der Waals surface area (Å²) in [7, 11) is 0. The largest absolute Gasteiger partial charge is 0.357 e. The van der Waals surface area contributed by atoms with Gasteiger partial charge in [0.15, 0.2) is 0 Å². The number of allylic oxidation sites excluding steroid dienone is 1. The molecule has 4 rings (SSSR count). The van der Waals surface area contributed by atoms with Gasteiger partial charge in [-0.15, -0.1) is 0 Å². The summed E-state index contributed by atoms with van der Waals surface area (Å²) < 4.78 is 0. The lowest BCUT2D eigenvalue weighted by Gasteiger charge is -2.45. The molecule has 2 unspecified atom stereocenters. The van der Waals surface area contributed by atoms with Gasteiger partial charge < -0.3 is 5.32 Å². The van der Waals surface area contributed by atoms with E-state index < -0.39 is 0 Å². The summed E-state index contributed by atoms with van der Waals surface area (Å²) in [4.78, 5) is 2.77. The number of nitrogens with zero attached hydrogens (tertiary/aromatic N) is 1. The van der Waals surface area contributed by atoms with E-state index in [2.05, 4.69) is 61.3 Å². The highest BCUT2D eigenvalue weighted by Crippen LogP contribution is 2.36. The van der Waals surface area contributed by atoms with E-state index in [1.54, 1.807) is 0 Å². The predicted octanol–water partition coefficient (Wildman–Crippen LogP) is 8.04. The van der Waals surface area contributed by atoms with Crippen molar-refractivity contribution in [3.8, 4) is 0 Å². The van der Waals surface area contributed by atoms with E-state index in [1.807, 2.05) is 18.2 Å². The molecule has 0 aromatic heterocycles. The molecular formula is C29H36Cl2N2. The number of benzene rings is 2. The Kier molecular flexibility index (Phi) is 8.22. The van der Waals surface area contributed by atoms with Gasteiger partial charge in [0.25, 0.3) is 0 Å². The minimum atomic E-state index is 0.389. The van der Waals surface area contributed by atoms with E-state index in [0.29, 0.717) is 12.1 Å². The van der Waals surface area contributed by atoms with Crippen LogP contribution in [0.4, 0.5) is 0 Å². The standard InChI is InChI=1S/C29H36Cl2N2/c1-4-9-27(23-12-6-7-13-25(23)30)32-29-20(3)17-18-33(28(29)10-5-2)22-16-15-21-11-8-14-26(31)24(21)19-22/h6-9,11-14,22,28,32H,4-5,10,15-19H2,1-3H3/b27-9+. The first kappa shape index (κ1) is 24.4. The summed E-state index contributed by atoms with van der Waals surface area (Å²) in [6.07, 6.45) is 9.97. The molecule has 0 saturated carbocycles. The van der Waals surface area contributed by atoms with Gasteiger partial charge in [-0.1, -0.05) is 85.5 Å². The Morgan fingerprint density at radius 1 is 1.06 bits per heavy atom. The number of hydrogen-bond donors (Lipinski definition) is 1. The molecule has 2 atom stereocenters. The maximum absolute atomic E-state index is 6.62. The van der Waals surface area contributed by atoms with Crippen LogP contribution in [-0.2, 0) is 12.8 Å². The SMILES string of the molecule is CC/C=C(/NC1=C(C)CCN(C2CCc3cccc(Cl)c3C2)C1CCC)c1ccccc1Cl. The summed E-state index contributed by atoms with van der Waals surface area (Å²) in [5.41, 5.74) is 7.82. The highest BCUT2D eigenvalue weighted by atomic mass is 35.5. The average Bonchev–Trinajstić information content (AvgIpc) is 2.81. The van der Waals surface area contributed by atoms with Crippen LogP contribution >= 0.6 is 23.2 Å². The highest BCUT2D eigenvalue weighted by Gasteiger charge is 2.35. The Morgan fingerprint density at radius 3 is 2.61 bits per heavy atom. The zero-order valence-corrected chi connectivity index (χ0v) is 21.6. The van der Waals surface area contributed by atoms with E-state index in [9.17, 15) is 0 Å². The molecular weight excluding hydrogens is 447 g/mol. The molecule has 2 aromatic rings. The Bertz CT molecular complexity index is 1040. The van der Waals surface area contributed by atoms with E-state index in [0.717, 1.165) is 66.4 Å². The molecule has 0 fully saturated rings. The Balaban J connectivity index is 1.63. The van der Waals surface area contributed by atoms with Crippen molar-refractivity contribution in [3.63, 3.8) is 0 Å². The van der Waals surface area contributed by atoms with Crippen molar-refractivity contribution in [3.05, 3.63) is 86.5 Å². The average molecular weight is 484 g/mol. The summed E-state index contributed by atoms with van der Waals surface area (Å²) in [5.74, 6) is 0. The number of halogens is 2. The van der Waals surface area contributed by atoms with E-state index in [4.69, 9.17) is 23.2 Å². The predicted molar refractivity (Wildman–Crippen MR) is 143 cm³/mol. The van der Waals surface area contributed by atoms with Crippen LogP contribution < -0.4 is 5.32 Å². The molecule has 1 aliphatic heterocycles. The van der Waals surface area contributed by atoms with Crippen molar-refractivity contribution >= 4 is 28.9 Å². The van der Waals surface area contributed by atoms with Crippen LogP contribution in [0, 0.1) is 0 Å². The first-order valence-corrected chi connectivity index (χ1v) is 13.2. The third kappa shape index (κ3) is 5.34. The zero-order valence-electron chi connectivity index (χ0n) is 20.1. The van der Waals surface area contributed by atoms with Crippen molar-refractivity contribution < 1.29 is 0 Å². The Morgan fingerprint density at radius 2 is 1.85 bits per heavy atom. The number of fused-ring (bicyclic) bond motifs is 1. The lowest BCUT2D eigenvalue weighted by molar-refractivity contribution is 0.121. The van der Waals surface area contributed by atoms with Crippen molar-refractivity contribution in [1.29, 1.82) is 0 Å². The van der Waals surface area contributed by atoms with Crippen LogP contribution in [0.15, 0.2) is 59.8 Å². The van der Waals surface area contributed by atoms with Crippen LogP contribution in [0.25, 0.3) is 5.70 Å². The number of aryl methyl sites for hydroxylation is 1. The number of nitrogens with one attached hydrogen (secondary N) is 1. The van der Waals surface area contributed by atoms with Gasteiger partial charge in [0.2, 0.25) is 0 Å². The second-order valence-electron chi connectivity index (χ2n) is 9.39. The highest BCUT2D eigenvalue weighted by molar-refractivity contribution is 6.32.